The van der Waals surface area contributed by atoms with E-state index in [0.29, 0.717) is 22.7 Å². The number of nitrogens with one attached hydrogen (secondary N) is 2. The van der Waals surface area contributed by atoms with Crippen molar-refractivity contribution in [1.82, 2.24) is 0 Å². The number of carbonyl (C=O) groups excluding carboxylic acids is 2. The number of benzene rings is 3. The van der Waals surface area contributed by atoms with E-state index >= 15 is 0 Å². The van der Waals surface area contributed by atoms with Gasteiger partial charge in [-0.15, -0.1) is 0 Å². The van der Waals surface area contributed by atoms with Gasteiger partial charge in [0, 0.05) is 29.1 Å². The van der Waals surface area contributed by atoms with E-state index in [1.54, 1.807) is 18.2 Å². The number of phenolic OH excluding ortho intramolecular Hbond substituents is 2. The van der Waals surface area contributed by atoms with Crippen molar-refractivity contribution < 1.29 is 29.6 Å². The van der Waals surface area contributed by atoms with Gasteiger partial charge in [-0.3, -0.25) is 9.59 Å². The molecule has 0 saturated heterocycles. The van der Waals surface area contributed by atoms with Gasteiger partial charge in [0.1, 0.15) is 23.0 Å². The molecule has 9 heteroatoms. The summed E-state index contributed by atoms with van der Waals surface area (Å²) in [6, 6.07) is 12.7. The highest BCUT2D eigenvalue weighted by Gasteiger charge is 2.17. The predicted octanol–water partition coefficient (Wildman–Crippen LogP) is 4.50. The lowest BCUT2D eigenvalue weighted by Crippen LogP contribution is -2.16. The van der Waals surface area contributed by atoms with Gasteiger partial charge in [0.15, 0.2) is 0 Å². The molecule has 0 aromatic heterocycles. The molecule has 3 aromatic carbocycles. The van der Waals surface area contributed by atoms with Crippen molar-refractivity contribution in [3.8, 4) is 17.2 Å². The number of nitrogen functional groups attached to an aromatic ring is 1. The van der Waals surface area contributed by atoms with Crippen molar-refractivity contribution in [2.75, 3.05) is 16.4 Å². The second kappa shape index (κ2) is 9.86. The summed E-state index contributed by atoms with van der Waals surface area (Å²) in [5, 5.41) is 35.1. The minimum absolute atomic E-state index is 0.00204. The summed E-state index contributed by atoms with van der Waals surface area (Å²) in [5.41, 5.74) is 6.81. The maximum absolute atomic E-state index is 12.8. The Morgan fingerprint density at radius 3 is 2.12 bits per heavy atom. The molecule has 0 aliphatic carbocycles. The van der Waals surface area contributed by atoms with E-state index in [9.17, 15) is 24.9 Å². The van der Waals surface area contributed by atoms with Crippen LogP contribution in [0.5, 0.6) is 17.2 Å². The molecular formula is C25H25N3O6. The average molecular weight is 463 g/mol. The fraction of sp³-hybridized carbons (Fsp3) is 0.120. The van der Waals surface area contributed by atoms with Gasteiger partial charge in [0.2, 0.25) is 0 Å². The predicted molar refractivity (Wildman–Crippen MR) is 130 cm³/mol. The average Bonchev–Trinajstić information content (AvgIpc) is 2.74. The van der Waals surface area contributed by atoms with E-state index in [4.69, 9.17) is 10.5 Å². The van der Waals surface area contributed by atoms with Crippen LogP contribution in [0, 0.1) is 0 Å². The Hall–Kier alpha value is -4.66. The Labute approximate surface area is 196 Å². The second-order valence-electron chi connectivity index (χ2n) is 7.74. The molecule has 0 aliphatic heterocycles. The number of hydrogen-bond acceptors (Lipinski definition) is 7. The lowest BCUT2D eigenvalue weighted by atomic mass is 10.1. The highest BCUT2D eigenvalue weighted by Crippen LogP contribution is 2.31. The van der Waals surface area contributed by atoms with Crippen LogP contribution in [-0.2, 0) is 0 Å². The Morgan fingerprint density at radius 2 is 1.53 bits per heavy atom. The first-order chi connectivity index (χ1) is 16.0. The van der Waals surface area contributed by atoms with Crippen LogP contribution >= 0.6 is 0 Å². The van der Waals surface area contributed by atoms with Crippen molar-refractivity contribution in [2.45, 2.75) is 20.0 Å². The monoisotopic (exact) mass is 463 g/mol. The molecule has 176 valence electrons. The summed E-state index contributed by atoms with van der Waals surface area (Å²) in [6.45, 7) is 7.11. The summed E-state index contributed by atoms with van der Waals surface area (Å²) in [5.74, 6) is -1.71. The molecule has 0 aliphatic rings. The molecule has 2 amide bonds. The number of carbonyl (C=O) groups is 2. The molecule has 3 rings (SSSR count). The first-order valence-corrected chi connectivity index (χ1v) is 10.3. The van der Waals surface area contributed by atoms with E-state index in [2.05, 4.69) is 17.2 Å². The Balaban J connectivity index is 1.79. The van der Waals surface area contributed by atoms with Gasteiger partial charge in [0.25, 0.3) is 11.8 Å². The number of aliphatic hydroxyl groups excluding tert-OH is 1. The first kappa shape index (κ1) is 24.0. The second-order valence-corrected chi connectivity index (χ2v) is 7.74. The van der Waals surface area contributed by atoms with E-state index in [1.807, 2.05) is 13.8 Å². The third-order valence-electron chi connectivity index (χ3n) is 4.69. The van der Waals surface area contributed by atoms with Crippen LogP contribution in [0.1, 0.15) is 40.1 Å². The standard InChI is InChI=1S/C25H25N3O6/c1-13(2)34-23-10-15(14(3)29)4-9-20(23)28-25(33)19-8-6-17(12-22(19)31)27-24(32)18-7-5-16(26)11-21(18)30/h4-13,29-31H,3,26H2,1-2H3,(H,27,32)(H,28,33). The molecule has 0 heterocycles. The van der Waals surface area contributed by atoms with Crippen LogP contribution in [-0.4, -0.2) is 33.2 Å². The third-order valence-corrected chi connectivity index (χ3v) is 4.69. The summed E-state index contributed by atoms with van der Waals surface area (Å²) in [6.07, 6.45) is -0.199. The van der Waals surface area contributed by atoms with E-state index in [1.165, 1.54) is 36.4 Å². The topological polar surface area (TPSA) is 154 Å². The molecule has 0 saturated carbocycles. The maximum Gasteiger partial charge on any atom is 0.259 e. The number of hydrogen-bond donors (Lipinski definition) is 6. The molecule has 0 fully saturated rings. The van der Waals surface area contributed by atoms with Crippen LogP contribution in [0.15, 0.2) is 61.2 Å². The van der Waals surface area contributed by atoms with Gasteiger partial charge in [-0.05, 0) is 56.3 Å². The van der Waals surface area contributed by atoms with Gasteiger partial charge < -0.3 is 36.4 Å². The first-order valence-electron chi connectivity index (χ1n) is 10.3. The zero-order valence-corrected chi connectivity index (χ0v) is 18.6. The summed E-state index contributed by atoms with van der Waals surface area (Å²) < 4.78 is 5.72. The fourth-order valence-electron chi connectivity index (χ4n) is 3.09. The molecule has 0 unspecified atom stereocenters. The Morgan fingerprint density at radius 1 is 0.912 bits per heavy atom. The number of phenols is 2. The van der Waals surface area contributed by atoms with Crippen molar-refractivity contribution in [3.63, 3.8) is 0 Å². The zero-order valence-electron chi connectivity index (χ0n) is 18.6. The van der Waals surface area contributed by atoms with Crippen molar-refractivity contribution in [3.05, 3.63) is 77.9 Å². The lowest BCUT2D eigenvalue weighted by molar-refractivity contribution is 0.101. The van der Waals surface area contributed by atoms with E-state index in [0.717, 1.165) is 0 Å². The minimum atomic E-state index is -0.616. The van der Waals surface area contributed by atoms with E-state index < -0.39 is 11.8 Å². The van der Waals surface area contributed by atoms with Gasteiger partial charge in [-0.1, -0.05) is 6.58 Å². The quantitative estimate of drug-likeness (QED) is 0.223. The van der Waals surface area contributed by atoms with Crippen LogP contribution in [0.2, 0.25) is 0 Å². The van der Waals surface area contributed by atoms with Crippen LogP contribution in [0.3, 0.4) is 0 Å². The van der Waals surface area contributed by atoms with Crippen molar-refractivity contribution in [1.29, 1.82) is 0 Å². The number of aromatic hydroxyl groups is 2. The molecule has 7 N–H and O–H groups in total. The van der Waals surface area contributed by atoms with Gasteiger partial charge in [0.05, 0.1) is 22.9 Å². The molecule has 0 radical (unpaired) electrons. The fourth-order valence-corrected chi connectivity index (χ4v) is 3.09. The van der Waals surface area contributed by atoms with Crippen LogP contribution in [0.4, 0.5) is 17.1 Å². The molecule has 9 nitrogen and oxygen atoms in total. The van der Waals surface area contributed by atoms with Crippen LogP contribution in [0.25, 0.3) is 5.76 Å². The zero-order chi connectivity index (χ0) is 25.0. The SMILES string of the molecule is C=C(O)c1ccc(NC(=O)c2ccc(NC(=O)c3ccc(N)cc3O)cc2O)c(OC(C)C)c1. The van der Waals surface area contributed by atoms with Gasteiger partial charge in [-0.2, -0.15) is 0 Å². The number of ether oxygens (including phenoxy) is 1. The molecule has 3 aromatic rings. The number of rotatable bonds is 7. The number of aliphatic hydroxyl groups is 1. The van der Waals surface area contributed by atoms with Crippen molar-refractivity contribution in [2.24, 2.45) is 0 Å². The number of amides is 2. The highest BCUT2D eigenvalue weighted by atomic mass is 16.5. The Bertz CT molecular complexity index is 1270. The summed E-state index contributed by atoms with van der Waals surface area (Å²) >= 11 is 0. The lowest BCUT2D eigenvalue weighted by Gasteiger charge is -2.16. The third kappa shape index (κ3) is 5.57. The molecule has 0 atom stereocenters. The molecular weight excluding hydrogens is 438 g/mol. The maximum atomic E-state index is 12.8. The number of anilines is 3. The Kier molecular flexibility index (Phi) is 6.96. The highest BCUT2D eigenvalue weighted by molar-refractivity contribution is 6.09. The molecule has 34 heavy (non-hydrogen) atoms. The largest absolute Gasteiger partial charge is 0.508 e. The smallest absolute Gasteiger partial charge is 0.259 e. The summed E-state index contributed by atoms with van der Waals surface area (Å²) in [4.78, 5) is 25.2. The van der Waals surface area contributed by atoms with Crippen LogP contribution < -0.4 is 21.1 Å². The van der Waals surface area contributed by atoms with Crippen molar-refractivity contribution >= 4 is 34.6 Å². The normalized spacial score (nSPS) is 10.6. The van der Waals surface area contributed by atoms with E-state index in [-0.39, 0.29) is 40.2 Å². The minimum Gasteiger partial charge on any atom is -0.508 e. The number of nitrogens with two attached hydrogens (primary N) is 1. The summed E-state index contributed by atoms with van der Waals surface area (Å²) in [7, 11) is 0. The van der Waals surface area contributed by atoms with Gasteiger partial charge >= 0.3 is 0 Å². The molecule has 0 bridgehead atoms. The molecule has 0 spiro atoms. The van der Waals surface area contributed by atoms with Gasteiger partial charge in [-0.25, -0.2) is 0 Å².